The first kappa shape index (κ1) is 48.6. The van der Waals surface area contributed by atoms with E-state index in [1.165, 1.54) is 0 Å². The molecule has 2 aliphatic heterocycles. The van der Waals surface area contributed by atoms with E-state index in [-0.39, 0.29) is 70.6 Å². The number of benzene rings is 1. The van der Waals surface area contributed by atoms with Crippen LogP contribution in [0.2, 0.25) is 0 Å². The number of nitrogens with one attached hydrogen (secondary N) is 1. The monoisotopic (exact) mass is 859 g/mol. The van der Waals surface area contributed by atoms with Crippen LogP contribution in [0.1, 0.15) is 132 Å². The maximum atomic E-state index is 14.8. The number of carbonyl (C=O) groups excluding carboxylic acids is 3. The van der Waals surface area contributed by atoms with E-state index >= 15 is 0 Å². The van der Waals surface area contributed by atoms with Gasteiger partial charge in [0.25, 0.3) is 0 Å². The molecule has 0 saturated carbocycles. The van der Waals surface area contributed by atoms with Gasteiger partial charge in [0.05, 0.1) is 49.0 Å². The number of nitrogens with zero attached hydrogens (tertiary/aromatic N) is 3. The average molecular weight is 859 g/mol. The van der Waals surface area contributed by atoms with Crippen molar-refractivity contribution in [1.29, 1.82) is 0 Å². The molecule has 4 atom stereocenters. The summed E-state index contributed by atoms with van der Waals surface area (Å²) in [4.78, 5) is 50.9. The third-order valence-electron chi connectivity index (χ3n) is 14.2. The van der Waals surface area contributed by atoms with Gasteiger partial charge in [0.1, 0.15) is 5.76 Å². The van der Waals surface area contributed by atoms with Crippen molar-refractivity contribution in [2.24, 2.45) is 22.2 Å². The van der Waals surface area contributed by atoms with E-state index in [2.05, 4.69) is 89.3 Å². The molecule has 342 valence electrons. The number of allylic oxidation sites excluding steroid dienone is 6. The zero-order valence-electron chi connectivity index (χ0n) is 39.7. The third-order valence-corrected chi connectivity index (χ3v) is 14.2. The molecule has 1 aromatic rings. The van der Waals surface area contributed by atoms with Gasteiger partial charge < -0.3 is 33.9 Å². The lowest BCUT2D eigenvalue weighted by atomic mass is 9.73. The minimum absolute atomic E-state index is 0.0571. The number of ether oxygens (including phenoxy) is 4. The van der Waals surface area contributed by atoms with Crippen molar-refractivity contribution in [1.82, 2.24) is 4.90 Å². The largest absolute Gasteiger partial charge is 0.506 e. The van der Waals surface area contributed by atoms with Crippen LogP contribution in [0.5, 0.6) is 0 Å². The topological polar surface area (TPSA) is 139 Å². The molecule has 0 spiro atoms. The first-order valence-electron chi connectivity index (χ1n) is 23.1. The van der Waals surface area contributed by atoms with Crippen molar-refractivity contribution in [3.05, 3.63) is 63.6 Å². The number of amides is 2. The lowest BCUT2D eigenvalue weighted by Gasteiger charge is -2.31. The van der Waals surface area contributed by atoms with Gasteiger partial charge in [0.2, 0.25) is 5.78 Å². The van der Waals surface area contributed by atoms with Gasteiger partial charge >= 0.3 is 12.2 Å². The summed E-state index contributed by atoms with van der Waals surface area (Å²) in [6.07, 6.45) is 10.3. The summed E-state index contributed by atoms with van der Waals surface area (Å²) < 4.78 is 22.5. The number of unbranched alkanes of at least 4 members (excludes halogenated alkanes) is 2. The van der Waals surface area contributed by atoms with Gasteiger partial charge in [-0.3, -0.25) is 10.1 Å². The van der Waals surface area contributed by atoms with Gasteiger partial charge in [-0.2, -0.15) is 4.99 Å². The zero-order chi connectivity index (χ0) is 45.5. The summed E-state index contributed by atoms with van der Waals surface area (Å²) in [5.41, 5.74) is 4.53. The average Bonchev–Trinajstić information content (AvgIpc) is 3.54. The highest BCUT2D eigenvalue weighted by Gasteiger charge is 2.49. The molecular formula is C50H74N4O8. The van der Waals surface area contributed by atoms with Gasteiger partial charge in [-0.25, -0.2) is 9.59 Å². The van der Waals surface area contributed by atoms with E-state index in [4.69, 9.17) is 18.9 Å². The molecule has 0 bridgehead atoms. The van der Waals surface area contributed by atoms with E-state index < -0.39 is 18.0 Å². The first-order chi connectivity index (χ1) is 29.5. The molecule has 0 aromatic heterocycles. The van der Waals surface area contributed by atoms with E-state index in [9.17, 15) is 19.5 Å². The fraction of sp³-hybridized carbons (Fsp3) is 0.640. The molecule has 2 N–H and O–H groups in total. The van der Waals surface area contributed by atoms with Crippen LogP contribution < -0.4 is 10.2 Å². The van der Waals surface area contributed by atoms with Gasteiger partial charge in [-0.05, 0) is 73.9 Å². The van der Waals surface area contributed by atoms with E-state index in [0.29, 0.717) is 43.1 Å². The molecule has 1 fully saturated rings. The maximum Gasteiger partial charge on any atom is 0.434 e. The van der Waals surface area contributed by atoms with E-state index in [1.807, 2.05) is 24.3 Å². The minimum atomic E-state index is -0.746. The number of aliphatic hydroxyl groups excluding tert-OH is 1. The number of hydrogen-bond acceptors (Lipinski definition) is 10. The Morgan fingerprint density at radius 1 is 0.823 bits per heavy atom. The summed E-state index contributed by atoms with van der Waals surface area (Å²) in [5.74, 6) is -0.187. The fourth-order valence-electron chi connectivity index (χ4n) is 9.29. The van der Waals surface area contributed by atoms with Crippen LogP contribution in [0, 0.1) is 17.3 Å². The SMILES string of the molecule is CCCCC(CC)COC(=O)/N=C1\C=C2C(=C\C1=C1\C(=O)C(c3cc4c(cc3NC(=O)OCC(CC)CCCC)N(CCOC)C(C)C4(C)C)=C1O)C(C)(C)C(C)N2CCOC. The molecule has 2 heterocycles. The molecule has 2 amide bonds. The van der Waals surface area contributed by atoms with Crippen molar-refractivity contribution in [2.45, 2.75) is 138 Å². The Kier molecular flexibility index (Phi) is 16.3. The number of ketones is 1. The lowest BCUT2D eigenvalue weighted by molar-refractivity contribution is -0.111. The summed E-state index contributed by atoms with van der Waals surface area (Å²) in [7, 11) is 3.34. The van der Waals surface area contributed by atoms with Crippen LogP contribution in [0.25, 0.3) is 5.57 Å². The van der Waals surface area contributed by atoms with Crippen LogP contribution in [-0.4, -0.2) is 99.5 Å². The second-order valence-electron chi connectivity index (χ2n) is 18.6. The number of fused-ring (bicyclic) bond motifs is 2. The predicted octanol–water partition coefficient (Wildman–Crippen LogP) is 10.7. The quantitative estimate of drug-likeness (QED) is 0.122. The second kappa shape index (κ2) is 20.8. The molecule has 1 saturated heterocycles. The molecule has 2 aliphatic carbocycles. The Labute approximate surface area is 370 Å². The van der Waals surface area contributed by atoms with Gasteiger partial charge in [-0.15, -0.1) is 0 Å². The molecule has 62 heavy (non-hydrogen) atoms. The Hall–Kier alpha value is -4.42. The molecule has 12 nitrogen and oxygen atoms in total. The van der Waals surface area contributed by atoms with Crippen molar-refractivity contribution >= 4 is 40.6 Å². The maximum absolute atomic E-state index is 14.8. The number of Topliss-reactive ketones (excluding diaryl/α,β-unsaturated/α-hetero) is 1. The molecule has 1 aromatic carbocycles. The highest BCUT2D eigenvalue weighted by molar-refractivity contribution is 6.42. The lowest BCUT2D eigenvalue weighted by Crippen LogP contribution is -2.40. The van der Waals surface area contributed by atoms with Crippen LogP contribution in [-0.2, 0) is 29.2 Å². The number of aliphatic imine (C=N–C) groups is 1. The molecule has 0 radical (unpaired) electrons. The number of aliphatic hydroxyl groups is 1. The third kappa shape index (κ3) is 9.86. The van der Waals surface area contributed by atoms with Gasteiger partial charge in [0, 0.05) is 72.7 Å². The summed E-state index contributed by atoms with van der Waals surface area (Å²) in [6.45, 7) is 24.2. The predicted molar refractivity (Wildman–Crippen MR) is 248 cm³/mol. The number of rotatable bonds is 20. The molecule has 12 heteroatoms. The van der Waals surface area contributed by atoms with Crippen LogP contribution in [0.15, 0.2) is 57.5 Å². The number of anilines is 2. The zero-order valence-corrected chi connectivity index (χ0v) is 39.7. The first-order valence-corrected chi connectivity index (χ1v) is 23.1. The molecular weight excluding hydrogens is 785 g/mol. The van der Waals surface area contributed by atoms with Crippen LogP contribution in [0.3, 0.4) is 0 Å². The van der Waals surface area contributed by atoms with Crippen molar-refractivity contribution < 1.29 is 38.4 Å². The van der Waals surface area contributed by atoms with Crippen molar-refractivity contribution in [2.75, 3.05) is 64.0 Å². The summed E-state index contributed by atoms with van der Waals surface area (Å²) in [6, 6.07) is 3.94. The molecule has 5 rings (SSSR count). The van der Waals surface area contributed by atoms with Crippen molar-refractivity contribution in [3.63, 3.8) is 0 Å². The Balaban J connectivity index is 1.64. The summed E-state index contributed by atoms with van der Waals surface area (Å²) in [5, 5.41) is 15.2. The number of likely N-dealkylation sites (tertiary alicyclic amines) is 1. The number of hydrogen-bond donors (Lipinski definition) is 2. The van der Waals surface area contributed by atoms with Crippen LogP contribution >= 0.6 is 0 Å². The Morgan fingerprint density at radius 3 is 1.97 bits per heavy atom. The number of methoxy groups -OCH3 is 2. The summed E-state index contributed by atoms with van der Waals surface area (Å²) >= 11 is 0. The normalized spacial score (nSPS) is 22.8. The van der Waals surface area contributed by atoms with E-state index in [0.717, 1.165) is 73.9 Å². The van der Waals surface area contributed by atoms with Crippen LogP contribution in [0.4, 0.5) is 21.0 Å². The Bertz CT molecular complexity index is 1990. The smallest absolute Gasteiger partial charge is 0.434 e. The highest BCUT2D eigenvalue weighted by Crippen LogP contribution is 2.53. The van der Waals surface area contributed by atoms with Gasteiger partial charge in [-0.1, -0.05) is 93.9 Å². The standard InChI is InChI=1S/C50H74N4O8/c1-13-17-19-33(15-3)29-61-47(57)51-39-27-41-37(49(7,8)31(5)53(41)21-23-59-11)25-35(39)43-45(55)44(46(43)56)36-26-38-42(54(22-24-60-12)32(6)50(38,9)10)28-40(36)52-48(58)62-30-34(16-4)20-18-14-2/h25-28,31-34,55H,13-24,29-30H2,1-12H3,(H,51,57)/b44-36-,52-40+. The van der Waals surface area contributed by atoms with E-state index in [1.54, 1.807) is 14.2 Å². The molecule has 4 aliphatic rings. The number of carbonyl (C=O) groups is 3. The van der Waals surface area contributed by atoms with Gasteiger partial charge in [0.15, 0.2) is 0 Å². The van der Waals surface area contributed by atoms with Crippen molar-refractivity contribution in [3.8, 4) is 0 Å². The fourth-order valence-corrected chi connectivity index (χ4v) is 9.29. The second-order valence-corrected chi connectivity index (χ2v) is 18.6. The molecule has 4 unspecified atom stereocenters. The minimum Gasteiger partial charge on any atom is -0.506 e. The Morgan fingerprint density at radius 2 is 1.40 bits per heavy atom. The highest BCUT2D eigenvalue weighted by atomic mass is 16.6.